The van der Waals surface area contributed by atoms with E-state index in [-0.39, 0.29) is 12.4 Å². The molecule has 1 heterocycles. The topological polar surface area (TPSA) is 45.2 Å². The minimum absolute atomic E-state index is 0. The molecule has 0 amide bonds. The molecule has 0 saturated heterocycles. The average molecular weight is 275 g/mol. The lowest BCUT2D eigenvalue weighted by Gasteiger charge is -2.26. The van der Waals surface area contributed by atoms with Crippen molar-refractivity contribution in [2.45, 2.75) is 6.92 Å². The van der Waals surface area contributed by atoms with Crippen LogP contribution in [0.5, 0.6) is 0 Å². The predicted octanol–water partition coefficient (Wildman–Crippen LogP) is -2.41. The molecule has 0 aromatic carbocycles. The summed E-state index contributed by atoms with van der Waals surface area (Å²) >= 11 is 0. The number of rotatable bonds is 4. The number of nitrogens with zero attached hydrogens (tertiary/aromatic N) is 6. The summed E-state index contributed by atoms with van der Waals surface area (Å²) < 4.78 is 0.643. The van der Waals surface area contributed by atoms with E-state index in [4.69, 9.17) is 0 Å². The Kier molecular flexibility index (Phi) is 5.76. The fraction of sp³-hybridized carbons (Fsp3) is 0.727. The Hall–Kier alpha value is -1.14. The number of halogens is 1. The minimum Gasteiger partial charge on any atom is -1.00 e. The molecule has 0 aliphatic rings. The van der Waals surface area contributed by atoms with Crippen molar-refractivity contribution in [1.82, 2.24) is 19.4 Å². The Morgan fingerprint density at radius 1 is 0.889 bits per heavy atom. The van der Waals surface area contributed by atoms with Crippen molar-refractivity contribution in [3.63, 3.8) is 0 Å². The molecule has 0 aliphatic heterocycles. The summed E-state index contributed by atoms with van der Waals surface area (Å²) in [7, 11) is 11.9. The van der Waals surface area contributed by atoms with Crippen molar-refractivity contribution in [2.75, 3.05) is 58.6 Å². The zero-order chi connectivity index (χ0) is 13.2. The highest BCUT2D eigenvalue weighted by Crippen LogP contribution is 2.19. The number of anilines is 2. The lowest BCUT2D eigenvalue weighted by molar-refractivity contribution is -0.00000419. The van der Waals surface area contributed by atoms with E-state index in [2.05, 4.69) is 36.0 Å². The Morgan fingerprint density at radius 2 is 1.28 bits per heavy atom. The van der Waals surface area contributed by atoms with Gasteiger partial charge in [-0.1, -0.05) is 0 Å². The first-order chi connectivity index (χ1) is 7.77. The molecular weight excluding hydrogens is 252 g/mol. The van der Waals surface area contributed by atoms with Gasteiger partial charge in [-0.05, 0) is 6.92 Å². The molecule has 0 N–H and O–H groups in total. The van der Waals surface area contributed by atoms with Crippen LogP contribution in [0.1, 0.15) is 6.92 Å². The van der Waals surface area contributed by atoms with E-state index in [0.717, 1.165) is 12.5 Å². The van der Waals surface area contributed by atoms with Crippen molar-refractivity contribution in [2.24, 2.45) is 0 Å². The molecule has 1 aromatic heterocycles. The first-order valence-electron chi connectivity index (χ1n) is 5.72. The van der Waals surface area contributed by atoms with E-state index in [9.17, 15) is 0 Å². The molecule has 0 unspecified atom stereocenters. The quantitative estimate of drug-likeness (QED) is 0.573. The number of quaternary nitrogens is 1. The molecule has 104 valence electrons. The molecule has 18 heavy (non-hydrogen) atoms. The van der Waals surface area contributed by atoms with Gasteiger partial charge in [0, 0.05) is 28.2 Å². The van der Waals surface area contributed by atoms with E-state index in [1.54, 1.807) is 0 Å². The van der Waals surface area contributed by atoms with Gasteiger partial charge in [0.2, 0.25) is 11.9 Å². The lowest BCUT2D eigenvalue weighted by atomic mass is 10.5. The van der Waals surface area contributed by atoms with Crippen LogP contribution in [0.2, 0.25) is 0 Å². The van der Waals surface area contributed by atoms with Gasteiger partial charge in [-0.25, -0.2) is 0 Å². The van der Waals surface area contributed by atoms with Crippen LogP contribution in [0.25, 0.3) is 0 Å². The van der Waals surface area contributed by atoms with E-state index in [1.165, 1.54) is 0 Å². The summed E-state index contributed by atoms with van der Waals surface area (Å²) in [5, 5.41) is 0. The van der Waals surface area contributed by atoms with Gasteiger partial charge >= 0.3 is 5.95 Å². The van der Waals surface area contributed by atoms with Crippen LogP contribution in [0.4, 0.5) is 17.8 Å². The standard InChI is InChI=1S/C11H23N6.ClH/c1-8-17(6,7)11-13-9(15(2)3)12-10(14-11)16(4)5;/h8H2,1-7H3;1H/q+1;/p-1. The van der Waals surface area contributed by atoms with Crippen LogP contribution in [0.15, 0.2) is 0 Å². The second-order valence-electron chi connectivity index (χ2n) is 5.03. The molecule has 1 aromatic rings. The Morgan fingerprint density at radius 3 is 1.56 bits per heavy atom. The van der Waals surface area contributed by atoms with Crippen LogP contribution in [-0.4, -0.2) is 63.8 Å². The van der Waals surface area contributed by atoms with Gasteiger partial charge in [0.15, 0.2) is 0 Å². The summed E-state index contributed by atoms with van der Waals surface area (Å²) in [5.74, 6) is 2.17. The smallest absolute Gasteiger partial charge is 0.335 e. The van der Waals surface area contributed by atoms with Crippen LogP contribution >= 0.6 is 0 Å². The van der Waals surface area contributed by atoms with Crippen LogP contribution in [-0.2, 0) is 0 Å². The Balaban J connectivity index is 0.00000289. The van der Waals surface area contributed by atoms with Gasteiger partial charge in [0.05, 0.1) is 20.6 Å². The monoisotopic (exact) mass is 274 g/mol. The van der Waals surface area contributed by atoms with E-state index < -0.39 is 0 Å². The summed E-state index contributed by atoms with van der Waals surface area (Å²) in [6, 6.07) is 0. The molecule has 0 bridgehead atoms. The molecular formula is C11H23ClN6. The SMILES string of the molecule is CC[N+](C)(C)c1nc(N(C)C)nc(N(C)C)n1.[Cl-]. The largest absolute Gasteiger partial charge is 1.00 e. The summed E-state index contributed by atoms with van der Waals surface area (Å²) in [6.45, 7) is 3.05. The van der Waals surface area contributed by atoms with Crippen LogP contribution < -0.4 is 26.7 Å². The molecule has 0 aliphatic carbocycles. The number of aromatic nitrogens is 3. The molecule has 7 heteroatoms. The third-order valence-electron chi connectivity index (χ3n) is 2.73. The molecule has 0 radical (unpaired) electrons. The molecule has 0 spiro atoms. The van der Waals surface area contributed by atoms with Crippen molar-refractivity contribution >= 4 is 17.8 Å². The highest BCUT2D eigenvalue weighted by atomic mass is 35.5. The highest BCUT2D eigenvalue weighted by molar-refractivity contribution is 5.43. The lowest BCUT2D eigenvalue weighted by Crippen LogP contribution is -3.00. The molecule has 6 nitrogen and oxygen atoms in total. The van der Waals surface area contributed by atoms with Gasteiger partial charge in [0.25, 0.3) is 0 Å². The molecule has 0 saturated carbocycles. The third kappa shape index (κ3) is 3.68. The van der Waals surface area contributed by atoms with Gasteiger partial charge < -0.3 is 22.2 Å². The Bertz CT molecular complexity index is 365. The van der Waals surface area contributed by atoms with E-state index in [1.807, 2.05) is 38.0 Å². The molecule has 1 rings (SSSR count). The minimum atomic E-state index is 0. The second kappa shape index (κ2) is 6.15. The van der Waals surface area contributed by atoms with Gasteiger partial charge in [-0.15, -0.1) is 9.97 Å². The molecule has 0 fully saturated rings. The van der Waals surface area contributed by atoms with Gasteiger partial charge in [-0.3, -0.25) is 4.48 Å². The predicted molar refractivity (Wildman–Crippen MR) is 72.7 cm³/mol. The Labute approximate surface area is 116 Å². The van der Waals surface area contributed by atoms with Crippen molar-refractivity contribution in [1.29, 1.82) is 0 Å². The summed E-state index contributed by atoms with van der Waals surface area (Å²) in [5.41, 5.74) is 0. The number of hydrogen-bond acceptors (Lipinski definition) is 5. The summed E-state index contributed by atoms with van der Waals surface area (Å²) in [4.78, 5) is 17.2. The van der Waals surface area contributed by atoms with E-state index >= 15 is 0 Å². The fourth-order valence-corrected chi connectivity index (χ4v) is 1.16. The van der Waals surface area contributed by atoms with Gasteiger partial charge in [-0.2, -0.15) is 4.98 Å². The first kappa shape index (κ1) is 16.9. The maximum absolute atomic E-state index is 4.51. The molecule has 0 atom stereocenters. The number of hydrogen-bond donors (Lipinski definition) is 0. The fourth-order valence-electron chi connectivity index (χ4n) is 1.16. The zero-order valence-corrected chi connectivity index (χ0v) is 13.0. The normalized spacial score (nSPS) is 10.8. The maximum Gasteiger partial charge on any atom is 0.335 e. The van der Waals surface area contributed by atoms with Crippen molar-refractivity contribution in [3.8, 4) is 0 Å². The zero-order valence-electron chi connectivity index (χ0n) is 12.3. The van der Waals surface area contributed by atoms with E-state index in [0.29, 0.717) is 16.4 Å². The van der Waals surface area contributed by atoms with Crippen LogP contribution in [0, 0.1) is 0 Å². The van der Waals surface area contributed by atoms with Gasteiger partial charge in [0.1, 0.15) is 0 Å². The highest BCUT2D eigenvalue weighted by Gasteiger charge is 2.23. The average Bonchev–Trinajstić information content (AvgIpc) is 2.28. The third-order valence-corrected chi connectivity index (χ3v) is 2.73. The summed E-state index contributed by atoms with van der Waals surface area (Å²) in [6.07, 6.45) is 0. The second-order valence-corrected chi connectivity index (χ2v) is 5.03. The van der Waals surface area contributed by atoms with Crippen molar-refractivity contribution in [3.05, 3.63) is 0 Å². The van der Waals surface area contributed by atoms with Crippen molar-refractivity contribution < 1.29 is 12.4 Å². The first-order valence-corrected chi connectivity index (χ1v) is 5.72. The maximum atomic E-state index is 4.51. The van der Waals surface area contributed by atoms with Crippen LogP contribution in [0.3, 0.4) is 0 Å².